The van der Waals surface area contributed by atoms with Crippen LogP contribution in [0.5, 0.6) is 0 Å². The van der Waals surface area contributed by atoms with Gasteiger partial charge in [0, 0.05) is 32.2 Å². The molecule has 2 aliphatic heterocycles. The Morgan fingerprint density at radius 1 is 1.13 bits per heavy atom. The molecule has 1 aromatic rings. The van der Waals surface area contributed by atoms with Gasteiger partial charge in [-0.15, -0.1) is 0 Å². The number of carbonyl (C=O) groups excluding carboxylic acids is 1. The van der Waals surface area contributed by atoms with Crippen LogP contribution in [-0.2, 0) is 4.79 Å². The number of hydrogen-bond donors (Lipinski definition) is 1. The van der Waals surface area contributed by atoms with Crippen LogP contribution in [0.3, 0.4) is 0 Å². The molecule has 0 aromatic carbocycles. The highest BCUT2D eigenvalue weighted by molar-refractivity contribution is 5.78. The Balaban J connectivity index is 1.82. The second-order valence-corrected chi connectivity index (χ2v) is 5.99. The van der Waals surface area contributed by atoms with Gasteiger partial charge in [0.25, 0.3) is 0 Å². The van der Waals surface area contributed by atoms with E-state index < -0.39 is 23.9 Å². The van der Waals surface area contributed by atoms with E-state index in [2.05, 4.69) is 14.9 Å². The summed E-state index contributed by atoms with van der Waals surface area (Å²) < 4.78 is 39.3. The molecule has 9 heteroatoms. The molecule has 126 valence electrons. The van der Waals surface area contributed by atoms with Gasteiger partial charge in [0.05, 0.1) is 11.8 Å². The summed E-state index contributed by atoms with van der Waals surface area (Å²) >= 11 is 0. The van der Waals surface area contributed by atoms with Crippen molar-refractivity contribution >= 4 is 17.5 Å². The number of aromatic nitrogens is 2. The van der Waals surface area contributed by atoms with E-state index in [1.165, 1.54) is 11.2 Å². The summed E-state index contributed by atoms with van der Waals surface area (Å²) in [6, 6.07) is 1.68. The smallest absolute Gasteiger partial charge is 0.369 e. The molecular weight excluding hydrogens is 311 g/mol. The van der Waals surface area contributed by atoms with E-state index in [1.54, 1.807) is 6.07 Å². The first kappa shape index (κ1) is 15.8. The predicted octanol–water partition coefficient (Wildman–Crippen LogP) is 1.18. The molecule has 0 spiro atoms. The fourth-order valence-electron chi connectivity index (χ4n) is 3.24. The monoisotopic (exact) mass is 329 g/mol. The maximum atomic E-state index is 13.1. The van der Waals surface area contributed by atoms with E-state index in [0.717, 1.165) is 25.9 Å². The zero-order valence-electron chi connectivity index (χ0n) is 12.5. The highest BCUT2D eigenvalue weighted by Crippen LogP contribution is 2.39. The third kappa shape index (κ3) is 3.18. The second kappa shape index (κ2) is 5.86. The number of alkyl halides is 3. The summed E-state index contributed by atoms with van der Waals surface area (Å²) in [7, 11) is 0. The molecule has 1 aromatic heterocycles. The maximum absolute atomic E-state index is 13.1. The van der Waals surface area contributed by atoms with Crippen molar-refractivity contribution in [2.45, 2.75) is 19.0 Å². The van der Waals surface area contributed by atoms with Gasteiger partial charge in [-0.05, 0) is 12.8 Å². The number of rotatable bonds is 3. The zero-order chi connectivity index (χ0) is 16.6. The minimum atomic E-state index is -4.46. The summed E-state index contributed by atoms with van der Waals surface area (Å²) in [5, 5.41) is 0. The van der Waals surface area contributed by atoms with Crippen molar-refractivity contribution in [1.82, 2.24) is 9.97 Å². The molecule has 0 aliphatic carbocycles. The van der Waals surface area contributed by atoms with Gasteiger partial charge in [0.2, 0.25) is 5.91 Å². The molecule has 3 heterocycles. The fourth-order valence-corrected chi connectivity index (χ4v) is 3.24. The molecule has 0 radical (unpaired) electrons. The van der Waals surface area contributed by atoms with Crippen molar-refractivity contribution in [1.29, 1.82) is 0 Å². The van der Waals surface area contributed by atoms with Crippen LogP contribution in [0.15, 0.2) is 12.4 Å². The van der Waals surface area contributed by atoms with Crippen LogP contribution in [0.2, 0.25) is 0 Å². The van der Waals surface area contributed by atoms with Crippen LogP contribution in [0, 0.1) is 11.8 Å². The number of carbonyl (C=O) groups is 1. The van der Waals surface area contributed by atoms with Gasteiger partial charge in [-0.3, -0.25) is 4.79 Å². The molecule has 2 fully saturated rings. The quantitative estimate of drug-likeness (QED) is 0.901. The van der Waals surface area contributed by atoms with Crippen LogP contribution in [0.4, 0.5) is 24.8 Å². The third-order valence-corrected chi connectivity index (χ3v) is 4.50. The van der Waals surface area contributed by atoms with Crippen molar-refractivity contribution in [3.8, 4) is 0 Å². The molecule has 1 amide bonds. The summed E-state index contributed by atoms with van der Waals surface area (Å²) in [5.41, 5.74) is 5.15. The normalized spacial score (nSPS) is 25.2. The minimum absolute atomic E-state index is 0.0734. The number of primary amides is 1. The Labute approximate surface area is 131 Å². The summed E-state index contributed by atoms with van der Waals surface area (Å²) in [5.74, 6) is -2.83. The number of anilines is 2. The number of nitrogens with two attached hydrogens (primary N) is 1. The molecule has 2 N–H and O–H groups in total. The van der Waals surface area contributed by atoms with Gasteiger partial charge in [0.1, 0.15) is 18.0 Å². The Kier molecular flexibility index (Phi) is 4.03. The van der Waals surface area contributed by atoms with E-state index in [4.69, 9.17) is 5.73 Å². The minimum Gasteiger partial charge on any atom is -0.369 e. The maximum Gasteiger partial charge on any atom is 0.394 e. The summed E-state index contributed by atoms with van der Waals surface area (Å²) in [4.78, 5) is 23.2. The molecule has 0 saturated carbocycles. The van der Waals surface area contributed by atoms with E-state index in [-0.39, 0.29) is 13.1 Å². The molecular formula is C14H18F3N5O. The highest BCUT2D eigenvalue weighted by atomic mass is 19.4. The molecule has 0 bridgehead atoms. The topological polar surface area (TPSA) is 75.4 Å². The molecule has 0 unspecified atom stereocenters. The summed E-state index contributed by atoms with van der Waals surface area (Å²) in [6.45, 7) is 1.38. The standard InChI is InChI=1S/C14H18F3N5O/c15-14(16,17)10-7-22(6-9(10)13(18)23)12-5-11(19-8-20-12)21-3-1-2-4-21/h5,8-10H,1-4,6-7H2,(H2,18,23)/t9-,10-/m1/s1. The SMILES string of the molecule is NC(=O)[C@@H]1CN(c2cc(N3CCCC3)ncn2)C[C@H]1C(F)(F)F. The largest absolute Gasteiger partial charge is 0.394 e. The lowest BCUT2D eigenvalue weighted by Gasteiger charge is -2.21. The average molecular weight is 329 g/mol. The van der Waals surface area contributed by atoms with Gasteiger partial charge >= 0.3 is 6.18 Å². The van der Waals surface area contributed by atoms with Crippen molar-refractivity contribution in [3.63, 3.8) is 0 Å². The number of amides is 1. The van der Waals surface area contributed by atoms with Crippen LogP contribution in [0.25, 0.3) is 0 Å². The number of halogens is 3. The lowest BCUT2D eigenvalue weighted by molar-refractivity contribution is -0.181. The van der Waals surface area contributed by atoms with E-state index in [0.29, 0.717) is 11.6 Å². The van der Waals surface area contributed by atoms with E-state index in [1.807, 2.05) is 0 Å². The predicted molar refractivity (Wildman–Crippen MR) is 77.9 cm³/mol. The Bertz CT molecular complexity index is 588. The Morgan fingerprint density at radius 2 is 1.74 bits per heavy atom. The van der Waals surface area contributed by atoms with Crippen LogP contribution in [-0.4, -0.2) is 48.2 Å². The molecule has 2 atom stereocenters. The Morgan fingerprint density at radius 3 is 2.26 bits per heavy atom. The second-order valence-electron chi connectivity index (χ2n) is 5.99. The van der Waals surface area contributed by atoms with Crippen LogP contribution in [0.1, 0.15) is 12.8 Å². The van der Waals surface area contributed by atoms with E-state index in [9.17, 15) is 18.0 Å². The van der Waals surface area contributed by atoms with Gasteiger partial charge in [-0.2, -0.15) is 13.2 Å². The first-order chi connectivity index (χ1) is 10.9. The van der Waals surface area contributed by atoms with Gasteiger partial charge in [-0.25, -0.2) is 9.97 Å². The first-order valence-electron chi connectivity index (χ1n) is 7.54. The molecule has 6 nitrogen and oxygen atoms in total. The number of nitrogens with zero attached hydrogens (tertiary/aromatic N) is 4. The van der Waals surface area contributed by atoms with Crippen molar-refractivity contribution < 1.29 is 18.0 Å². The zero-order valence-corrected chi connectivity index (χ0v) is 12.5. The summed E-state index contributed by atoms with van der Waals surface area (Å²) in [6.07, 6.45) is -0.964. The first-order valence-corrected chi connectivity index (χ1v) is 7.54. The lowest BCUT2D eigenvalue weighted by Crippen LogP contribution is -2.37. The van der Waals surface area contributed by atoms with Gasteiger partial charge in [0.15, 0.2) is 0 Å². The van der Waals surface area contributed by atoms with Crippen molar-refractivity contribution in [2.75, 3.05) is 36.0 Å². The molecule has 2 saturated heterocycles. The Hall–Kier alpha value is -2.06. The molecule has 3 rings (SSSR count). The fraction of sp³-hybridized carbons (Fsp3) is 0.643. The van der Waals surface area contributed by atoms with Crippen LogP contribution >= 0.6 is 0 Å². The van der Waals surface area contributed by atoms with Gasteiger partial charge < -0.3 is 15.5 Å². The van der Waals surface area contributed by atoms with Gasteiger partial charge in [-0.1, -0.05) is 0 Å². The molecule has 2 aliphatic rings. The third-order valence-electron chi connectivity index (χ3n) is 4.50. The van der Waals surface area contributed by atoms with Crippen LogP contribution < -0.4 is 15.5 Å². The highest BCUT2D eigenvalue weighted by Gasteiger charge is 2.52. The van der Waals surface area contributed by atoms with Crippen molar-refractivity contribution in [2.24, 2.45) is 17.6 Å². The van der Waals surface area contributed by atoms with E-state index >= 15 is 0 Å². The lowest BCUT2D eigenvalue weighted by atomic mass is 9.95. The molecule has 23 heavy (non-hydrogen) atoms. The number of hydrogen-bond acceptors (Lipinski definition) is 5. The van der Waals surface area contributed by atoms with Crippen molar-refractivity contribution in [3.05, 3.63) is 12.4 Å². The average Bonchev–Trinajstić information content (AvgIpc) is 3.16.